The lowest BCUT2D eigenvalue weighted by molar-refractivity contribution is -0.137. The first kappa shape index (κ1) is 15.2. The summed E-state index contributed by atoms with van der Waals surface area (Å²) in [7, 11) is 0. The number of nitrogens with zero attached hydrogens (tertiary/aromatic N) is 1. The zero-order valence-electron chi connectivity index (χ0n) is 13.0. The van der Waals surface area contributed by atoms with E-state index in [1.54, 1.807) is 6.07 Å². The molecule has 4 nitrogen and oxygen atoms in total. The Morgan fingerprint density at radius 1 is 1.21 bits per heavy atom. The first-order valence-corrected chi connectivity index (χ1v) is 8.40. The molecule has 1 aliphatic carbocycles. The molecule has 0 amide bonds. The molecule has 122 valence electrons. The SMILES string of the molecule is Nc1cccc(C2=N[C@]3(c4ccccc4Cl)CCC[C@H](O2)C3=O)c1. The molecule has 5 heteroatoms. The topological polar surface area (TPSA) is 64.7 Å². The van der Waals surface area contributed by atoms with E-state index in [9.17, 15) is 4.79 Å². The average Bonchev–Trinajstić information content (AvgIpc) is 2.55. The van der Waals surface area contributed by atoms with Gasteiger partial charge in [0.2, 0.25) is 11.7 Å². The Bertz CT molecular complexity index is 849. The molecule has 2 bridgehead atoms. The molecular formula is C19H17ClN2O2. The number of nitrogen functional groups attached to an aromatic ring is 1. The van der Waals surface area contributed by atoms with Gasteiger partial charge in [-0.3, -0.25) is 4.79 Å². The van der Waals surface area contributed by atoms with Crippen molar-refractivity contribution in [2.75, 3.05) is 5.73 Å². The number of halogens is 1. The third kappa shape index (κ3) is 2.29. The van der Waals surface area contributed by atoms with Gasteiger partial charge in [0.1, 0.15) is 0 Å². The second-order valence-electron chi connectivity index (χ2n) is 6.25. The monoisotopic (exact) mass is 340 g/mol. The molecular weight excluding hydrogens is 324 g/mol. The number of benzene rings is 2. The van der Waals surface area contributed by atoms with E-state index < -0.39 is 11.6 Å². The van der Waals surface area contributed by atoms with Gasteiger partial charge in [0.15, 0.2) is 11.6 Å². The van der Waals surface area contributed by atoms with Crippen LogP contribution in [0.3, 0.4) is 0 Å². The number of fused-ring (bicyclic) bond motifs is 2. The lowest BCUT2D eigenvalue weighted by Gasteiger charge is -2.41. The van der Waals surface area contributed by atoms with Crippen LogP contribution in [0.4, 0.5) is 5.69 Å². The van der Waals surface area contributed by atoms with Crippen LogP contribution in [0, 0.1) is 0 Å². The number of carbonyl (C=O) groups excluding carboxylic acids is 1. The normalized spacial score (nSPS) is 25.8. The van der Waals surface area contributed by atoms with Gasteiger partial charge in [-0.05, 0) is 43.5 Å². The van der Waals surface area contributed by atoms with Crippen molar-refractivity contribution in [3.63, 3.8) is 0 Å². The second kappa shape index (κ2) is 5.64. The largest absolute Gasteiger partial charge is 0.466 e. The number of ether oxygens (including phenoxy) is 1. The minimum atomic E-state index is -0.959. The molecule has 1 saturated carbocycles. The molecule has 2 aromatic rings. The fourth-order valence-corrected chi connectivity index (χ4v) is 3.84. The maximum absolute atomic E-state index is 13.0. The molecule has 2 aliphatic rings. The first-order chi connectivity index (χ1) is 11.6. The minimum absolute atomic E-state index is 0.00509. The number of rotatable bonds is 2. The predicted octanol–water partition coefficient (Wildman–Crippen LogP) is 3.72. The van der Waals surface area contributed by atoms with Crippen molar-refractivity contribution >= 4 is 29.0 Å². The molecule has 4 rings (SSSR count). The van der Waals surface area contributed by atoms with Crippen molar-refractivity contribution in [3.8, 4) is 0 Å². The fraction of sp³-hybridized carbons (Fsp3) is 0.263. The molecule has 1 heterocycles. The van der Waals surface area contributed by atoms with E-state index in [2.05, 4.69) is 0 Å². The van der Waals surface area contributed by atoms with E-state index in [4.69, 9.17) is 27.1 Å². The summed E-state index contributed by atoms with van der Waals surface area (Å²) in [5.41, 5.74) is 7.09. The molecule has 2 N–H and O–H groups in total. The summed E-state index contributed by atoms with van der Waals surface area (Å²) >= 11 is 6.40. The number of Topliss-reactive ketones (excluding diaryl/α,β-unsaturated/α-hetero) is 1. The van der Waals surface area contributed by atoms with Crippen LogP contribution >= 0.6 is 11.6 Å². The van der Waals surface area contributed by atoms with Crippen molar-refractivity contribution in [3.05, 3.63) is 64.7 Å². The standard InChI is InChI=1S/C19H17ClN2O2/c20-15-8-2-1-7-14(15)19-10-4-9-16(17(19)23)24-18(22-19)12-5-3-6-13(21)11-12/h1-3,5-8,11,16H,4,9-10,21H2/t16-,19-/m0/s1. The molecule has 0 radical (unpaired) electrons. The summed E-state index contributed by atoms with van der Waals surface area (Å²) < 4.78 is 5.90. The Kier molecular flexibility index (Phi) is 3.57. The van der Waals surface area contributed by atoms with Gasteiger partial charge < -0.3 is 10.5 Å². The van der Waals surface area contributed by atoms with Gasteiger partial charge >= 0.3 is 0 Å². The number of hydrogen-bond acceptors (Lipinski definition) is 4. The van der Waals surface area contributed by atoms with Crippen molar-refractivity contribution in [2.24, 2.45) is 4.99 Å². The number of ketones is 1. The minimum Gasteiger partial charge on any atom is -0.466 e. The Hall–Kier alpha value is -2.33. The number of nitrogens with two attached hydrogens (primary N) is 1. The average molecular weight is 341 g/mol. The lowest BCUT2D eigenvalue weighted by Crippen LogP contribution is -2.51. The Balaban J connectivity index is 1.91. The summed E-state index contributed by atoms with van der Waals surface area (Å²) in [6.45, 7) is 0. The maximum Gasteiger partial charge on any atom is 0.218 e. The summed E-state index contributed by atoms with van der Waals surface area (Å²) in [5, 5.41) is 0.559. The molecule has 0 saturated heterocycles. The van der Waals surface area contributed by atoms with Crippen LogP contribution in [0.2, 0.25) is 5.02 Å². The van der Waals surface area contributed by atoms with Gasteiger partial charge in [-0.2, -0.15) is 0 Å². The number of aliphatic imine (C=N–C) groups is 1. The van der Waals surface area contributed by atoms with E-state index in [1.807, 2.05) is 42.5 Å². The van der Waals surface area contributed by atoms with Gasteiger partial charge in [-0.1, -0.05) is 35.9 Å². The van der Waals surface area contributed by atoms with Crippen LogP contribution in [0.15, 0.2) is 53.5 Å². The van der Waals surface area contributed by atoms with Crippen molar-refractivity contribution in [2.45, 2.75) is 30.9 Å². The van der Waals surface area contributed by atoms with Crippen LogP contribution in [0.5, 0.6) is 0 Å². The summed E-state index contributed by atoms with van der Waals surface area (Å²) in [6.07, 6.45) is 1.73. The van der Waals surface area contributed by atoms with Gasteiger partial charge in [0, 0.05) is 21.8 Å². The van der Waals surface area contributed by atoms with Crippen molar-refractivity contribution in [1.29, 1.82) is 0 Å². The maximum atomic E-state index is 13.0. The highest BCUT2D eigenvalue weighted by Crippen LogP contribution is 2.44. The molecule has 0 unspecified atom stereocenters. The molecule has 1 fully saturated rings. The predicted molar refractivity (Wildman–Crippen MR) is 94.3 cm³/mol. The quantitative estimate of drug-likeness (QED) is 0.847. The number of carbonyl (C=O) groups is 1. The van der Waals surface area contributed by atoms with Crippen LogP contribution in [0.1, 0.15) is 30.4 Å². The Labute approximate surface area is 145 Å². The molecule has 24 heavy (non-hydrogen) atoms. The highest BCUT2D eigenvalue weighted by atomic mass is 35.5. The second-order valence-corrected chi connectivity index (χ2v) is 6.65. The smallest absolute Gasteiger partial charge is 0.218 e. The van der Waals surface area contributed by atoms with E-state index in [0.29, 0.717) is 29.4 Å². The van der Waals surface area contributed by atoms with Crippen LogP contribution in [-0.4, -0.2) is 17.8 Å². The molecule has 0 spiro atoms. The Morgan fingerprint density at radius 3 is 2.83 bits per heavy atom. The lowest BCUT2D eigenvalue weighted by atomic mass is 9.73. The molecule has 2 aromatic carbocycles. The van der Waals surface area contributed by atoms with Crippen molar-refractivity contribution in [1.82, 2.24) is 0 Å². The van der Waals surface area contributed by atoms with E-state index in [-0.39, 0.29) is 5.78 Å². The van der Waals surface area contributed by atoms with Gasteiger partial charge in [-0.15, -0.1) is 0 Å². The highest BCUT2D eigenvalue weighted by Gasteiger charge is 2.51. The van der Waals surface area contributed by atoms with Gasteiger partial charge in [0.05, 0.1) is 0 Å². The fourth-order valence-electron chi connectivity index (χ4n) is 3.55. The third-order valence-corrected chi connectivity index (χ3v) is 5.03. The number of anilines is 1. The van der Waals surface area contributed by atoms with E-state index >= 15 is 0 Å². The van der Waals surface area contributed by atoms with E-state index in [1.165, 1.54) is 0 Å². The van der Waals surface area contributed by atoms with Gasteiger partial charge in [0.25, 0.3) is 0 Å². The zero-order chi connectivity index (χ0) is 16.7. The molecule has 0 aromatic heterocycles. The van der Waals surface area contributed by atoms with Crippen LogP contribution in [0.25, 0.3) is 0 Å². The first-order valence-electron chi connectivity index (χ1n) is 8.02. The highest BCUT2D eigenvalue weighted by molar-refractivity contribution is 6.32. The van der Waals surface area contributed by atoms with Crippen molar-refractivity contribution < 1.29 is 9.53 Å². The van der Waals surface area contributed by atoms with E-state index in [0.717, 1.165) is 17.5 Å². The van der Waals surface area contributed by atoms with Crippen LogP contribution in [-0.2, 0) is 15.1 Å². The van der Waals surface area contributed by atoms with Gasteiger partial charge in [-0.25, -0.2) is 4.99 Å². The Morgan fingerprint density at radius 2 is 2.04 bits per heavy atom. The molecule has 2 atom stereocenters. The third-order valence-electron chi connectivity index (χ3n) is 4.70. The number of hydrogen-bond donors (Lipinski definition) is 1. The molecule has 1 aliphatic heterocycles. The summed E-state index contributed by atoms with van der Waals surface area (Å²) in [6, 6.07) is 14.8. The summed E-state index contributed by atoms with van der Waals surface area (Å²) in [5.74, 6) is 0.459. The van der Waals surface area contributed by atoms with Crippen LogP contribution < -0.4 is 5.73 Å². The zero-order valence-corrected chi connectivity index (χ0v) is 13.8. The summed E-state index contributed by atoms with van der Waals surface area (Å²) in [4.78, 5) is 17.8.